The van der Waals surface area contributed by atoms with E-state index in [1.54, 1.807) is 6.92 Å². The summed E-state index contributed by atoms with van der Waals surface area (Å²) in [7, 11) is 0. The summed E-state index contributed by atoms with van der Waals surface area (Å²) in [5.74, 6) is -1.21. The average molecular weight is 298 g/mol. The van der Waals surface area contributed by atoms with Crippen LogP contribution >= 0.6 is 0 Å². The summed E-state index contributed by atoms with van der Waals surface area (Å²) >= 11 is 0. The molecule has 0 radical (unpaired) electrons. The largest absolute Gasteiger partial charge is 0.388 e. The van der Waals surface area contributed by atoms with Crippen molar-refractivity contribution in [2.45, 2.75) is 77.7 Å². The Labute approximate surface area is 127 Å². The minimum Gasteiger partial charge on any atom is -0.388 e. The van der Waals surface area contributed by atoms with E-state index in [0.29, 0.717) is 12.0 Å². The standard InChI is InChI=1S/C18H28F2O/c1-3-4-5-6-7-8-9-10-11-18(21)15-12-14(2)16(19)13-17(15)20/h12-13,18,21H,3-11H2,1-2H3. The molecule has 1 unspecified atom stereocenters. The average Bonchev–Trinajstić information content (AvgIpc) is 2.45. The fraction of sp³-hybridized carbons (Fsp3) is 0.667. The van der Waals surface area contributed by atoms with E-state index in [4.69, 9.17) is 0 Å². The molecule has 1 N–H and O–H groups in total. The van der Waals surface area contributed by atoms with Gasteiger partial charge in [-0.15, -0.1) is 0 Å². The quantitative estimate of drug-likeness (QED) is 0.538. The number of aliphatic hydroxyl groups is 1. The van der Waals surface area contributed by atoms with Gasteiger partial charge < -0.3 is 5.11 Å². The molecule has 1 nitrogen and oxygen atoms in total. The van der Waals surface area contributed by atoms with Crippen molar-refractivity contribution < 1.29 is 13.9 Å². The van der Waals surface area contributed by atoms with E-state index >= 15 is 0 Å². The number of unbranched alkanes of at least 4 members (excludes halogenated alkanes) is 7. The Morgan fingerprint density at radius 3 is 2.10 bits per heavy atom. The molecule has 0 aliphatic rings. The molecule has 3 heteroatoms. The van der Waals surface area contributed by atoms with Crippen molar-refractivity contribution in [2.75, 3.05) is 0 Å². The molecule has 0 amide bonds. The van der Waals surface area contributed by atoms with Crippen LogP contribution in [-0.2, 0) is 0 Å². The molecular formula is C18H28F2O. The second-order valence-electron chi connectivity index (χ2n) is 5.90. The number of hydrogen-bond donors (Lipinski definition) is 1. The normalized spacial score (nSPS) is 12.6. The molecule has 0 aliphatic heterocycles. The van der Waals surface area contributed by atoms with Gasteiger partial charge in [0.25, 0.3) is 0 Å². The predicted molar refractivity (Wildman–Crippen MR) is 83.3 cm³/mol. The molecule has 0 saturated carbocycles. The number of aliphatic hydroxyl groups excluding tert-OH is 1. The number of hydrogen-bond acceptors (Lipinski definition) is 1. The molecular weight excluding hydrogens is 270 g/mol. The summed E-state index contributed by atoms with van der Waals surface area (Å²) in [6, 6.07) is 2.28. The van der Waals surface area contributed by atoms with Crippen molar-refractivity contribution in [3.05, 3.63) is 34.9 Å². The lowest BCUT2D eigenvalue weighted by atomic mass is 9.99. The van der Waals surface area contributed by atoms with Crippen LogP contribution in [0, 0.1) is 18.6 Å². The Morgan fingerprint density at radius 1 is 0.905 bits per heavy atom. The summed E-state index contributed by atoms with van der Waals surface area (Å²) in [6.45, 7) is 3.79. The van der Waals surface area contributed by atoms with Gasteiger partial charge in [-0.1, -0.05) is 58.3 Å². The zero-order valence-electron chi connectivity index (χ0n) is 13.3. The van der Waals surface area contributed by atoms with Crippen LogP contribution in [0.5, 0.6) is 0 Å². The van der Waals surface area contributed by atoms with Gasteiger partial charge in [0.1, 0.15) is 11.6 Å². The maximum atomic E-state index is 13.6. The third-order valence-corrected chi connectivity index (χ3v) is 3.97. The van der Waals surface area contributed by atoms with Gasteiger partial charge in [-0.25, -0.2) is 8.78 Å². The zero-order valence-corrected chi connectivity index (χ0v) is 13.3. The van der Waals surface area contributed by atoms with E-state index in [2.05, 4.69) is 6.92 Å². The lowest BCUT2D eigenvalue weighted by molar-refractivity contribution is 0.158. The van der Waals surface area contributed by atoms with Crippen LogP contribution in [0.2, 0.25) is 0 Å². The lowest BCUT2D eigenvalue weighted by Crippen LogP contribution is -2.03. The van der Waals surface area contributed by atoms with E-state index in [1.165, 1.54) is 44.6 Å². The summed E-state index contributed by atoms with van der Waals surface area (Å²) in [6.07, 6.45) is 9.20. The first-order valence-corrected chi connectivity index (χ1v) is 8.19. The SMILES string of the molecule is CCCCCCCCCCC(O)c1cc(C)c(F)cc1F. The summed E-state index contributed by atoms with van der Waals surface area (Å²) < 4.78 is 26.8. The van der Waals surface area contributed by atoms with Crippen molar-refractivity contribution in [3.8, 4) is 0 Å². The predicted octanol–water partition coefficient (Wildman–Crippen LogP) is 5.84. The van der Waals surface area contributed by atoms with Crippen LogP contribution in [-0.4, -0.2) is 5.11 Å². The minimum absolute atomic E-state index is 0.219. The number of halogens is 2. The molecule has 0 bridgehead atoms. The highest BCUT2D eigenvalue weighted by Crippen LogP contribution is 2.25. The summed E-state index contributed by atoms with van der Waals surface area (Å²) in [4.78, 5) is 0. The Bertz CT molecular complexity index is 418. The maximum Gasteiger partial charge on any atom is 0.131 e. The molecule has 0 heterocycles. The lowest BCUT2D eigenvalue weighted by Gasteiger charge is -2.13. The third kappa shape index (κ3) is 6.56. The molecule has 1 aromatic carbocycles. The van der Waals surface area contributed by atoms with E-state index in [-0.39, 0.29) is 5.56 Å². The minimum atomic E-state index is -0.829. The highest BCUT2D eigenvalue weighted by atomic mass is 19.1. The smallest absolute Gasteiger partial charge is 0.131 e. The zero-order chi connectivity index (χ0) is 15.7. The van der Waals surface area contributed by atoms with Crippen molar-refractivity contribution in [1.29, 1.82) is 0 Å². The van der Waals surface area contributed by atoms with Gasteiger partial charge in [0.05, 0.1) is 6.10 Å². The van der Waals surface area contributed by atoms with Gasteiger partial charge in [-0.05, 0) is 25.0 Å². The molecule has 120 valence electrons. The van der Waals surface area contributed by atoms with Crippen LogP contribution < -0.4 is 0 Å². The Balaban J connectivity index is 2.25. The van der Waals surface area contributed by atoms with E-state index < -0.39 is 17.7 Å². The molecule has 21 heavy (non-hydrogen) atoms. The third-order valence-electron chi connectivity index (χ3n) is 3.97. The highest BCUT2D eigenvalue weighted by molar-refractivity contribution is 5.27. The molecule has 0 aromatic heterocycles. The monoisotopic (exact) mass is 298 g/mol. The van der Waals surface area contributed by atoms with Crippen LogP contribution in [0.4, 0.5) is 8.78 Å². The van der Waals surface area contributed by atoms with Crippen LogP contribution in [0.1, 0.15) is 81.9 Å². The van der Waals surface area contributed by atoms with Gasteiger partial charge in [0, 0.05) is 11.6 Å². The van der Waals surface area contributed by atoms with Gasteiger partial charge in [-0.2, -0.15) is 0 Å². The van der Waals surface area contributed by atoms with Crippen molar-refractivity contribution in [3.63, 3.8) is 0 Å². The molecule has 0 aliphatic carbocycles. The number of benzene rings is 1. The topological polar surface area (TPSA) is 20.2 Å². The van der Waals surface area contributed by atoms with Crippen LogP contribution in [0.3, 0.4) is 0 Å². The Hall–Kier alpha value is -0.960. The second kappa shape index (κ2) is 9.88. The molecule has 1 rings (SSSR count). The number of rotatable bonds is 10. The van der Waals surface area contributed by atoms with E-state index in [9.17, 15) is 13.9 Å². The van der Waals surface area contributed by atoms with Gasteiger partial charge in [-0.3, -0.25) is 0 Å². The fourth-order valence-corrected chi connectivity index (χ4v) is 2.56. The van der Waals surface area contributed by atoms with Gasteiger partial charge in [0.15, 0.2) is 0 Å². The molecule has 0 spiro atoms. The first kappa shape index (κ1) is 18.1. The molecule has 1 atom stereocenters. The van der Waals surface area contributed by atoms with Crippen molar-refractivity contribution >= 4 is 0 Å². The van der Waals surface area contributed by atoms with Crippen LogP contribution in [0.25, 0.3) is 0 Å². The Kier molecular flexibility index (Phi) is 8.51. The fourth-order valence-electron chi connectivity index (χ4n) is 2.56. The van der Waals surface area contributed by atoms with Crippen molar-refractivity contribution in [1.82, 2.24) is 0 Å². The molecule has 0 saturated heterocycles. The Morgan fingerprint density at radius 2 is 1.48 bits per heavy atom. The van der Waals surface area contributed by atoms with E-state index in [1.807, 2.05) is 0 Å². The van der Waals surface area contributed by atoms with Gasteiger partial charge in [0.2, 0.25) is 0 Å². The maximum absolute atomic E-state index is 13.6. The highest BCUT2D eigenvalue weighted by Gasteiger charge is 2.14. The van der Waals surface area contributed by atoms with Gasteiger partial charge >= 0.3 is 0 Å². The second-order valence-corrected chi connectivity index (χ2v) is 5.90. The molecule has 1 aromatic rings. The van der Waals surface area contributed by atoms with E-state index in [0.717, 1.165) is 18.9 Å². The van der Waals surface area contributed by atoms with Crippen molar-refractivity contribution in [2.24, 2.45) is 0 Å². The first-order chi connectivity index (χ1) is 10.1. The van der Waals surface area contributed by atoms with Crippen LogP contribution in [0.15, 0.2) is 12.1 Å². The molecule has 0 fully saturated rings. The first-order valence-electron chi connectivity index (χ1n) is 8.19. The summed E-state index contributed by atoms with van der Waals surface area (Å²) in [5.41, 5.74) is 0.596. The number of aryl methyl sites for hydroxylation is 1. The summed E-state index contributed by atoms with van der Waals surface area (Å²) in [5, 5.41) is 10.0.